The van der Waals surface area contributed by atoms with Crippen molar-refractivity contribution in [1.82, 2.24) is 9.88 Å². The number of fused-ring (bicyclic) bond motifs is 1. The molecule has 0 bridgehead atoms. The van der Waals surface area contributed by atoms with Gasteiger partial charge in [-0.15, -0.1) is 11.3 Å². The summed E-state index contributed by atoms with van der Waals surface area (Å²) < 4.78 is 5.67. The van der Waals surface area contributed by atoms with Gasteiger partial charge >= 0.3 is 0 Å². The van der Waals surface area contributed by atoms with Gasteiger partial charge in [-0.2, -0.15) is 0 Å². The minimum atomic E-state index is -0.0313. The summed E-state index contributed by atoms with van der Waals surface area (Å²) in [5.41, 5.74) is 4.27. The smallest absolute Gasteiger partial charge is 0.246 e. The number of carbonyl (C=O) groups excluding carboxylic acids is 1. The van der Waals surface area contributed by atoms with E-state index in [-0.39, 0.29) is 11.8 Å². The van der Waals surface area contributed by atoms with E-state index < -0.39 is 0 Å². The molecule has 3 heterocycles. The lowest BCUT2D eigenvalue weighted by Crippen LogP contribution is -2.37. The molecule has 4 nitrogen and oxygen atoms in total. The van der Waals surface area contributed by atoms with E-state index in [2.05, 4.69) is 30.6 Å². The standard InChI is InChI=1S/C21H20N2O2S/c1-4-20(24)23-10-18(17-9-14(3)26-19(17)11-23)15-7-5-6-8-16(15)21-22-13(2)12-25-21/h4-9,12,18H,1,10-11H2,2-3H3/t18-/m0/s1. The monoisotopic (exact) mass is 364 g/mol. The van der Waals surface area contributed by atoms with Crippen LogP contribution >= 0.6 is 11.3 Å². The Bertz CT molecular complexity index is 986. The highest BCUT2D eigenvalue weighted by Crippen LogP contribution is 2.41. The molecule has 0 radical (unpaired) electrons. The highest BCUT2D eigenvalue weighted by Gasteiger charge is 2.31. The molecular weight excluding hydrogens is 344 g/mol. The minimum absolute atomic E-state index is 0.0313. The number of rotatable bonds is 3. The molecule has 0 aliphatic carbocycles. The van der Waals surface area contributed by atoms with Crippen LogP contribution in [0.3, 0.4) is 0 Å². The fraction of sp³-hybridized carbons (Fsp3) is 0.238. The molecule has 1 aliphatic rings. The van der Waals surface area contributed by atoms with Gasteiger partial charge in [0.25, 0.3) is 0 Å². The van der Waals surface area contributed by atoms with E-state index in [0.717, 1.165) is 16.8 Å². The second kappa shape index (κ2) is 6.57. The van der Waals surface area contributed by atoms with Crippen molar-refractivity contribution in [3.8, 4) is 11.5 Å². The van der Waals surface area contributed by atoms with E-state index in [1.165, 1.54) is 21.4 Å². The maximum Gasteiger partial charge on any atom is 0.246 e. The van der Waals surface area contributed by atoms with E-state index >= 15 is 0 Å². The first kappa shape index (κ1) is 16.8. The lowest BCUT2D eigenvalue weighted by atomic mass is 9.85. The SMILES string of the molecule is C=CC(=O)N1Cc2sc(C)cc2[C@H](c2ccccc2-c2nc(C)co2)C1. The molecule has 26 heavy (non-hydrogen) atoms. The van der Waals surface area contributed by atoms with Crippen LogP contribution < -0.4 is 0 Å². The number of carbonyl (C=O) groups is 1. The first-order valence-corrected chi connectivity index (χ1v) is 9.40. The topological polar surface area (TPSA) is 46.3 Å². The van der Waals surface area contributed by atoms with Crippen molar-refractivity contribution in [2.45, 2.75) is 26.3 Å². The molecule has 5 heteroatoms. The van der Waals surface area contributed by atoms with Crippen LogP contribution in [0.15, 0.2) is 53.7 Å². The molecule has 0 unspecified atom stereocenters. The van der Waals surface area contributed by atoms with Crippen LogP contribution in [0.1, 0.15) is 32.5 Å². The van der Waals surface area contributed by atoms with Crippen molar-refractivity contribution in [3.05, 3.63) is 75.8 Å². The Hall–Kier alpha value is -2.66. The average Bonchev–Trinajstić information content (AvgIpc) is 3.24. The van der Waals surface area contributed by atoms with Crippen molar-refractivity contribution in [3.63, 3.8) is 0 Å². The van der Waals surface area contributed by atoms with Gasteiger partial charge in [0.1, 0.15) is 6.26 Å². The molecule has 0 fully saturated rings. The zero-order valence-corrected chi connectivity index (χ0v) is 15.7. The van der Waals surface area contributed by atoms with E-state index in [1.54, 1.807) is 17.6 Å². The fourth-order valence-electron chi connectivity index (χ4n) is 3.59. The molecule has 0 saturated carbocycles. The van der Waals surface area contributed by atoms with Gasteiger partial charge < -0.3 is 9.32 Å². The van der Waals surface area contributed by atoms with Crippen LogP contribution in [0.2, 0.25) is 0 Å². The molecule has 0 N–H and O–H groups in total. The quantitative estimate of drug-likeness (QED) is 0.634. The van der Waals surface area contributed by atoms with Crippen LogP contribution in [-0.2, 0) is 11.3 Å². The van der Waals surface area contributed by atoms with Crippen LogP contribution in [0.5, 0.6) is 0 Å². The number of aryl methyl sites for hydroxylation is 2. The van der Waals surface area contributed by atoms with Crippen LogP contribution in [0.4, 0.5) is 0 Å². The molecule has 0 saturated heterocycles. The number of benzene rings is 1. The largest absolute Gasteiger partial charge is 0.444 e. The summed E-state index contributed by atoms with van der Waals surface area (Å²) in [6, 6.07) is 10.4. The van der Waals surface area contributed by atoms with Gasteiger partial charge in [0.05, 0.1) is 12.2 Å². The Morgan fingerprint density at radius 1 is 1.35 bits per heavy atom. The van der Waals surface area contributed by atoms with Gasteiger partial charge in [-0.3, -0.25) is 4.79 Å². The van der Waals surface area contributed by atoms with Crippen molar-refractivity contribution in [2.75, 3.05) is 6.54 Å². The number of hydrogen-bond acceptors (Lipinski definition) is 4. The average molecular weight is 364 g/mol. The van der Waals surface area contributed by atoms with Crippen LogP contribution in [0, 0.1) is 13.8 Å². The highest BCUT2D eigenvalue weighted by atomic mass is 32.1. The summed E-state index contributed by atoms with van der Waals surface area (Å²) in [5, 5.41) is 0. The first-order chi connectivity index (χ1) is 12.6. The van der Waals surface area contributed by atoms with E-state index in [4.69, 9.17) is 4.42 Å². The zero-order chi connectivity index (χ0) is 18.3. The number of thiophene rings is 1. The summed E-state index contributed by atoms with van der Waals surface area (Å²) in [7, 11) is 0. The molecule has 132 valence electrons. The lowest BCUT2D eigenvalue weighted by molar-refractivity contribution is -0.127. The Morgan fingerprint density at radius 2 is 2.15 bits per heavy atom. The number of aromatic nitrogens is 1. The summed E-state index contributed by atoms with van der Waals surface area (Å²) in [5.74, 6) is 0.686. The minimum Gasteiger partial charge on any atom is -0.444 e. The zero-order valence-electron chi connectivity index (χ0n) is 14.9. The van der Waals surface area contributed by atoms with E-state index in [1.807, 2.05) is 30.0 Å². The van der Waals surface area contributed by atoms with Gasteiger partial charge in [-0.1, -0.05) is 24.8 Å². The van der Waals surface area contributed by atoms with E-state index in [9.17, 15) is 4.79 Å². The summed E-state index contributed by atoms with van der Waals surface area (Å²) in [6.07, 6.45) is 3.06. The fourth-order valence-corrected chi connectivity index (χ4v) is 4.71. The number of nitrogens with zero attached hydrogens (tertiary/aromatic N) is 2. The molecule has 1 aromatic carbocycles. The predicted molar refractivity (Wildman–Crippen MR) is 103 cm³/mol. The summed E-state index contributed by atoms with van der Waals surface area (Å²) in [6.45, 7) is 8.96. The van der Waals surface area contributed by atoms with Gasteiger partial charge in [0, 0.05) is 27.8 Å². The van der Waals surface area contributed by atoms with Gasteiger partial charge in [-0.25, -0.2) is 4.98 Å². The Kier molecular flexibility index (Phi) is 4.24. The Balaban J connectivity index is 1.84. The molecule has 1 amide bonds. The van der Waals surface area contributed by atoms with Crippen molar-refractivity contribution in [2.24, 2.45) is 0 Å². The number of oxazole rings is 1. The molecule has 3 aromatic rings. The molecule has 1 aliphatic heterocycles. The molecule has 0 spiro atoms. The third-order valence-corrected chi connectivity index (χ3v) is 5.80. The second-order valence-corrected chi connectivity index (χ2v) is 7.93. The lowest BCUT2D eigenvalue weighted by Gasteiger charge is -2.33. The predicted octanol–water partition coefficient (Wildman–Crippen LogP) is 4.68. The third kappa shape index (κ3) is 2.88. The first-order valence-electron chi connectivity index (χ1n) is 8.58. The molecule has 4 rings (SSSR count). The Labute approximate surface area is 156 Å². The third-order valence-electron chi connectivity index (χ3n) is 4.75. The van der Waals surface area contributed by atoms with E-state index in [0.29, 0.717) is 19.0 Å². The van der Waals surface area contributed by atoms with Gasteiger partial charge in [0.15, 0.2) is 0 Å². The maximum absolute atomic E-state index is 12.3. The molecule has 2 aromatic heterocycles. The van der Waals surface area contributed by atoms with Crippen LogP contribution in [-0.4, -0.2) is 22.3 Å². The second-order valence-electron chi connectivity index (χ2n) is 6.59. The Morgan fingerprint density at radius 3 is 2.88 bits per heavy atom. The highest BCUT2D eigenvalue weighted by molar-refractivity contribution is 7.12. The van der Waals surface area contributed by atoms with Gasteiger partial charge in [0.2, 0.25) is 11.8 Å². The van der Waals surface area contributed by atoms with Crippen molar-refractivity contribution in [1.29, 1.82) is 0 Å². The number of hydrogen-bond donors (Lipinski definition) is 0. The van der Waals surface area contributed by atoms with Gasteiger partial charge in [-0.05, 0) is 43.2 Å². The van der Waals surface area contributed by atoms with Crippen molar-refractivity contribution >= 4 is 17.2 Å². The maximum atomic E-state index is 12.3. The molecular formula is C21H20N2O2S. The molecule has 1 atom stereocenters. The van der Waals surface area contributed by atoms with Crippen LogP contribution in [0.25, 0.3) is 11.5 Å². The number of amides is 1. The normalized spacial score (nSPS) is 16.4. The summed E-state index contributed by atoms with van der Waals surface area (Å²) in [4.78, 5) is 21.2. The van der Waals surface area contributed by atoms with Crippen molar-refractivity contribution < 1.29 is 9.21 Å². The summed E-state index contributed by atoms with van der Waals surface area (Å²) >= 11 is 1.76.